The van der Waals surface area contributed by atoms with Gasteiger partial charge in [0.25, 0.3) is 0 Å². The van der Waals surface area contributed by atoms with Gasteiger partial charge in [0.05, 0.1) is 0 Å². The van der Waals surface area contributed by atoms with Crippen LogP contribution in [0.4, 0.5) is 0 Å². The van der Waals surface area contributed by atoms with Crippen molar-refractivity contribution in [1.29, 1.82) is 0 Å². The first-order valence-corrected chi connectivity index (χ1v) is 9.06. The van der Waals surface area contributed by atoms with Gasteiger partial charge in [-0.2, -0.15) is 0 Å². The van der Waals surface area contributed by atoms with Gasteiger partial charge in [0.2, 0.25) is 0 Å². The number of nitrogens with zero attached hydrogens (tertiary/aromatic N) is 1. The molecule has 0 N–H and O–H groups in total. The number of hydrogen-bond donors (Lipinski definition) is 0. The summed E-state index contributed by atoms with van der Waals surface area (Å²) in [6.07, 6.45) is 5.33. The maximum absolute atomic E-state index is 5.25. The maximum Gasteiger partial charge on any atom is 0.0363 e. The Labute approximate surface area is 160 Å². The van der Waals surface area contributed by atoms with Gasteiger partial charge < -0.3 is 4.98 Å². The molecule has 1 radical (unpaired) electrons. The molecule has 0 spiro atoms. The molecule has 2 aliphatic rings. The molecule has 2 unspecified atom stereocenters. The molecule has 6 rings (SSSR count). The van der Waals surface area contributed by atoms with Crippen LogP contribution in [0.1, 0.15) is 48.8 Å². The van der Waals surface area contributed by atoms with Crippen LogP contribution >= 0.6 is 0 Å². The SMILES string of the molecule is [Ir].[c-]1cccc2c1c1nc3c(cc1c1ccccc21)C1CCCC3C1. The number of benzene rings is 3. The van der Waals surface area contributed by atoms with Crippen LogP contribution in [-0.4, -0.2) is 4.98 Å². The third kappa shape index (κ3) is 2.08. The van der Waals surface area contributed by atoms with Crippen LogP contribution in [0, 0.1) is 6.07 Å². The van der Waals surface area contributed by atoms with Crippen molar-refractivity contribution < 1.29 is 20.1 Å². The molecule has 125 valence electrons. The van der Waals surface area contributed by atoms with Crippen molar-refractivity contribution >= 4 is 32.4 Å². The first kappa shape index (κ1) is 15.5. The molecule has 3 aromatic carbocycles. The normalized spacial score (nSPS) is 21.4. The van der Waals surface area contributed by atoms with E-state index in [9.17, 15) is 0 Å². The molecule has 2 bridgehead atoms. The molecular formula is C23H18IrN-. The van der Waals surface area contributed by atoms with Gasteiger partial charge in [0, 0.05) is 31.7 Å². The Morgan fingerprint density at radius 1 is 0.880 bits per heavy atom. The van der Waals surface area contributed by atoms with Crippen molar-refractivity contribution in [2.45, 2.75) is 37.5 Å². The third-order valence-electron chi connectivity index (χ3n) is 6.18. The summed E-state index contributed by atoms with van der Waals surface area (Å²) in [6.45, 7) is 0. The van der Waals surface area contributed by atoms with E-state index in [1.54, 1.807) is 0 Å². The van der Waals surface area contributed by atoms with Crippen molar-refractivity contribution in [3.8, 4) is 0 Å². The van der Waals surface area contributed by atoms with E-state index in [0.717, 1.165) is 11.4 Å². The van der Waals surface area contributed by atoms with Crippen LogP contribution in [0.25, 0.3) is 32.4 Å². The molecule has 0 aliphatic heterocycles. The molecule has 1 nitrogen and oxygen atoms in total. The predicted molar refractivity (Wildman–Crippen MR) is 99.5 cm³/mol. The van der Waals surface area contributed by atoms with E-state index in [1.807, 2.05) is 6.07 Å². The monoisotopic (exact) mass is 501 g/mol. The Morgan fingerprint density at radius 3 is 2.52 bits per heavy atom. The number of aromatic nitrogens is 1. The van der Waals surface area contributed by atoms with Gasteiger partial charge in [-0.05, 0) is 47.0 Å². The van der Waals surface area contributed by atoms with Crippen LogP contribution in [-0.2, 0) is 20.1 Å². The Kier molecular flexibility index (Phi) is 3.48. The molecule has 25 heavy (non-hydrogen) atoms. The molecule has 0 amide bonds. The van der Waals surface area contributed by atoms with Gasteiger partial charge in [0.1, 0.15) is 0 Å². The molecular weight excluding hydrogens is 482 g/mol. The van der Waals surface area contributed by atoms with Crippen LogP contribution in [0.5, 0.6) is 0 Å². The van der Waals surface area contributed by atoms with E-state index in [1.165, 1.54) is 63.9 Å². The summed E-state index contributed by atoms with van der Waals surface area (Å²) in [4.78, 5) is 5.25. The van der Waals surface area contributed by atoms with Crippen LogP contribution in [0.3, 0.4) is 0 Å². The van der Waals surface area contributed by atoms with Crippen molar-refractivity contribution in [1.82, 2.24) is 4.98 Å². The van der Waals surface area contributed by atoms with Gasteiger partial charge in [-0.25, -0.2) is 0 Å². The van der Waals surface area contributed by atoms with E-state index in [4.69, 9.17) is 4.98 Å². The number of hydrogen-bond acceptors (Lipinski definition) is 1. The second-order valence-corrected chi connectivity index (χ2v) is 7.42. The zero-order chi connectivity index (χ0) is 15.7. The summed E-state index contributed by atoms with van der Waals surface area (Å²) < 4.78 is 0. The van der Waals surface area contributed by atoms with E-state index in [0.29, 0.717) is 5.92 Å². The molecule has 0 saturated heterocycles. The Morgan fingerprint density at radius 2 is 1.64 bits per heavy atom. The summed E-state index contributed by atoms with van der Waals surface area (Å²) in [5, 5.41) is 6.41. The molecule has 1 saturated carbocycles. The Hall–Kier alpha value is -1.76. The fraction of sp³-hybridized carbons (Fsp3) is 0.261. The van der Waals surface area contributed by atoms with Gasteiger partial charge in [0.15, 0.2) is 0 Å². The second kappa shape index (κ2) is 5.62. The minimum absolute atomic E-state index is 0. The summed E-state index contributed by atoms with van der Waals surface area (Å²) in [5.41, 5.74) is 4.07. The number of fused-ring (bicyclic) bond motifs is 11. The van der Waals surface area contributed by atoms with E-state index in [-0.39, 0.29) is 20.1 Å². The minimum atomic E-state index is 0. The molecule has 1 heterocycles. The Balaban J connectivity index is 0.00000140. The molecule has 4 aromatic rings. The maximum atomic E-state index is 5.25. The minimum Gasteiger partial charge on any atom is -0.300 e. The molecule has 1 aromatic heterocycles. The van der Waals surface area contributed by atoms with Crippen molar-refractivity contribution in [2.75, 3.05) is 0 Å². The summed E-state index contributed by atoms with van der Waals surface area (Å²) in [6, 6.07) is 21.0. The molecule has 1 fully saturated rings. The van der Waals surface area contributed by atoms with E-state index in [2.05, 4.69) is 48.5 Å². The van der Waals surface area contributed by atoms with Gasteiger partial charge in [-0.15, -0.1) is 29.7 Å². The first-order valence-electron chi connectivity index (χ1n) is 9.06. The average Bonchev–Trinajstić information content (AvgIpc) is 2.90. The predicted octanol–water partition coefficient (Wildman–Crippen LogP) is 6.09. The van der Waals surface area contributed by atoms with Gasteiger partial charge in [-0.3, -0.25) is 0 Å². The largest absolute Gasteiger partial charge is 0.300 e. The topological polar surface area (TPSA) is 12.9 Å². The van der Waals surface area contributed by atoms with E-state index >= 15 is 0 Å². The fourth-order valence-corrected chi connectivity index (χ4v) is 5.12. The second-order valence-electron chi connectivity index (χ2n) is 7.42. The smallest absolute Gasteiger partial charge is 0.0363 e. The molecule has 2 heteroatoms. The zero-order valence-corrected chi connectivity index (χ0v) is 16.3. The quantitative estimate of drug-likeness (QED) is 0.210. The van der Waals surface area contributed by atoms with Crippen LogP contribution in [0.2, 0.25) is 0 Å². The van der Waals surface area contributed by atoms with Crippen LogP contribution < -0.4 is 0 Å². The molecule has 2 aliphatic carbocycles. The van der Waals surface area contributed by atoms with E-state index < -0.39 is 0 Å². The standard InChI is InChI=1S/C23H18N.Ir/c1-2-10-18-16(8-1)17-9-3-4-11-19(17)23-21(18)13-20-14-6-5-7-15(12-14)22(20)24-23;/h1-4,8-10,13-15H,5-7,12H2;/q-1;. The molecule has 2 atom stereocenters. The third-order valence-corrected chi connectivity index (χ3v) is 6.18. The number of pyridine rings is 1. The van der Waals surface area contributed by atoms with Gasteiger partial charge in [-0.1, -0.05) is 47.5 Å². The fourth-order valence-electron chi connectivity index (χ4n) is 5.12. The summed E-state index contributed by atoms with van der Waals surface area (Å²) in [5.74, 6) is 1.43. The first-order chi connectivity index (χ1) is 11.9. The summed E-state index contributed by atoms with van der Waals surface area (Å²) >= 11 is 0. The number of rotatable bonds is 0. The summed E-state index contributed by atoms with van der Waals surface area (Å²) in [7, 11) is 0. The van der Waals surface area contributed by atoms with Crippen molar-refractivity contribution in [3.63, 3.8) is 0 Å². The average molecular weight is 501 g/mol. The zero-order valence-electron chi connectivity index (χ0n) is 13.9. The van der Waals surface area contributed by atoms with Crippen molar-refractivity contribution in [3.05, 3.63) is 65.9 Å². The van der Waals surface area contributed by atoms with Gasteiger partial charge >= 0.3 is 0 Å². The van der Waals surface area contributed by atoms with Crippen LogP contribution in [0.15, 0.2) is 48.5 Å². The van der Waals surface area contributed by atoms with Crippen molar-refractivity contribution in [2.24, 2.45) is 0 Å². The Bertz CT molecular complexity index is 1040.